The van der Waals surface area contributed by atoms with E-state index in [4.69, 9.17) is 25.5 Å². The third-order valence-corrected chi connectivity index (χ3v) is 4.36. The minimum absolute atomic E-state index is 0.116. The maximum Gasteiger partial charge on any atom is 0.255 e. The SMILES string of the molecule is CCO[C@H]1COC[C@@H]1NC(=O)c1cc(-c2ccccc2Cl)oc1C. The number of carbonyl (C=O) groups is 1. The lowest BCUT2D eigenvalue weighted by Crippen LogP contribution is -2.43. The molecule has 0 spiro atoms. The molecule has 0 saturated carbocycles. The number of ether oxygens (including phenoxy) is 2. The van der Waals surface area contributed by atoms with Gasteiger partial charge in [0.2, 0.25) is 0 Å². The molecule has 1 aromatic heterocycles. The second kappa shape index (κ2) is 7.38. The van der Waals surface area contributed by atoms with Gasteiger partial charge in [0.05, 0.1) is 29.8 Å². The Morgan fingerprint density at radius 1 is 1.38 bits per heavy atom. The van der Waals surface area contributed by atoms with E-state index in [9.17, 15) is 4.79 Å². The average Bonchev–Trinajstić information content (AvgIpc) is 3.15. The number of amides is 1. The van der Waals surface area contributed by atoms with Crippen LogP contribution in [0.1, 0.15) is 23.0 Å². The van der Waals surface area contributed by atoms with Crippen molar-refractivity contribution in [1.29, 1.82) is 0 Å². The Morgan fingerprint density at radius 2 is 2.17 bits per heavy atom. The Bertz CT molecular complexity index is 728. The van der Waals surface area contributed by atoms with Crippen molar-refractivity contribution < 1.29 is 18.7 Å². The summed E-state index contributed by atoms with van der Waals surface area (Å²) in [4.78, 5) is 12.6. The van der Waals surface area contributed by atoms with E-state index >= 15 is 0 Å². The first kappa shape index (κ1) is 17.0. The summed E-state index contributed by atoms with van der Waals surface area (Å²) in [6.07, 6.45) is -0.116. The quantitative estimate of drug-likeness (QED) is 0.898. The molecular weight excluding hydrogens is 330 g/mol. The summed E-state index contributed by atoms with van der Waals surface area (Å²) in [5.74, 6) is 0.927. The zero-order valence-corrected chi connectivity index (χ0v) is 14.4. The predicted octanol–water partition coefficient (Wildman–Crippen LogP) is 3.44. The number of nitrogens with one attached hydrogen (secondary N) is 1. The normalized spacial score (nSPS) is 20.3. The van der Waals surface area contributed by atoms with Gasteiger partial charge in [-0.1, -0.05) is 23.7 Å². The van der Waals surface area contributed by atoms with E-state index in [1.54, 1.807) is 19.1 Å². The van der Waals surface area contributed by atoms with Crippen molar-refractivity contribution in [1.82, 2.24) is 5.32 Å². The lowest BCUT2D eigenvalue weighted by atomic mass is 10.1. The Kier molecular flexibility index (Phi) is 5.23. The number of benzene rings is 1. The molecule has 2 aromatic rings. The van der Waals surface area contributed by atoms with Gasteiger partial charge in [-0.15, -0.1) is 0 Å². The topological polar surface area (TPSA) is 60.7 Å². The second-order valence-corrected chi connectivity index (χ2v) is 6.08. The lowest BCUT2D eigenvalue weighted by Gasteiger charge is -2.18. The van der Waals surface area contributed by atoms with Gasteiger partial charge in [-0.05, 0) is 32.0 Å². The van der Waals surface area contributed by atoms with Gasteiger partial charge < -0.3 is 19.2 Å². The van der Waals surface area contributed by atoms with E-state index in [0.717, 1.165) is 5.56 Å². The third-order valence-electron chi connectivity index (χ3n) is 4.03. The van der Waals surface area contributed by atoms with Gasteiger partial charge in [0.25, 0.3) is 5.91 Å². The summed E-state index contributed by atoms with van der Waals surface area (Å²) in [6.45, 7) is 5.22. The van der Waals surface area contributed by atoms with E-state index in [0.29, 0.717) is 41.9 Å². The predicted molar refractivity (Wildman–Crippen MR) is 91.4 cm³/mol. The summed E-state index contributed by atoms with van der Waals surface area (Å²) < 4.78 is 16.7. The highest BCUT2D eigenvalue weighted by molar-refractivity contribution is 6.33. The molecule has 0 aliphatic carbocycles. The third kappa shape index (κ3) is 3.48. The van der Waals surface area contributed by atoms with Crippen molar-refractivity contribution >= 4 is 17.5 Å². The van der Waals surface area contributed by atoms with E-state index in [1.165, 1.54) is 0 Å². The van der Waals surface area contributed by atoms with Gasteiger partial charge in [-0.25, -0.2) is 0 Å². The summed E-state index contributed by atoms with van der Waals surface area (Å²) in [5, 5.41) is 3.55. The van der Waals surface area contributed by atoms with Crippen LogP contribution in [0.5, 0.6) is 0 Å². The molecule has 6 heteroatoms. The Morgan fingerprint density at radius 3 is 2.92 bits per heavy atom. The second-order valence-electron chi connectivity index (χ2n) is 5.67. The molecule has 1 aliphatic heterocycles. The Labute approximate surface area is 145 Å². The average molecular weight is 350 g/mol. The maximum absolute atomic E-state index is 12.6. The van der Waals surface area contributed by atoms with Crippen molar-refractivity contribution in [3.05, 3.63) is 46.7 Å². The smallest absolute Gasteiger partial charge is 0.255 e. The molecule has 0 radical (unpaired) electrons. The molecule has 1 aromatic carbocycles. The van der Waals surface area contributed by atoms with E-state index < -0.39 is 0 Å². The monoisotopic (exact) mass is 349 g/mol. The Hall–Kier alpha value is -1.82. The summed E-state index contributed by atoms with van der Waals surface area (Å²) in [7, 11) is 0. The van der Waals surface area contributed by atoms with Gasteiger partial charge in [-0.2, -0.15) is 0 Å². The van der Waals surface area contributed by atoms with E-state index in [1.807, 2.05) is 25.1 Å². The fourth-order valence-corrected chi connectivity index (χ4v) is 3.02. The number of rotatable bonds is 5. The van der Waals surface area contributed by atoms with Gasteiger partial charge in [0.15, 0.2) is 0 Å². The van der Waals surface area contributed by atoms with Gasteiger partial charge in [0.1, 0.15) is 17.6 Å². The lowest BCUT2D eigenvalue weighted by molar-refractivity contribution is 0.0402. The summed E-state index contributed by atoms with van der Waals surface area (Å²) in [5.41, 5.74) is 1.25. The minimum atomic E-state index is -0.199. The highest BCUT2D eigenvalue weighted by Crippen LogP contribution is 2.31. The van der Waals surface area contributed by atoms with Crippen LogP contribution in [-0.4, -0.2) is 37.9 Å². The molecule has 2 heterocycles. The van der Waals surface area contributed by atoms with Crippen LogP contribution >= 0.6 is 11.6 Å². The molecule has 128 valence electrons. The molecule has 1 saturated heterocycles. The van der Waals surface area contributed by atoms with Crippen molar-refractivity contribution in [2.24, 2.45) is 0 Å². The van der Waals surface area contributed by atoms with E-state index in [2.05, 4.69) is 5.32 Å². The zero-order valence-electron chi connectivity index (χ0n) is 13.7. The molecule has 3 rings (SSSR count). The molecule has 24 heavy (non-hydrogen) atoms. The van der Waals surface area contributed by atoms with Crippen LogP contribution in [0, 0.1) is 6.92 Å². The van der Waals surface area contributed by atoms with Crippen LogP contribution in [0.4, 0.5) is 0 Å². The molecular formula is C18H20ClNO4. The van der Waals surface area contributed by atoms with Gasteiger partial charge in [-0.3, -0.25) is 4.79 Å². The molecule has 5 nitrogen and oxygen atoms in total. The summed E-state index contributed by atoms with van der Waals surface area (Å²) in [6, 6.07) is 8.94. The molecule has 1 amide bonds. The molecule has 1 fully saturated rings. The van der Waals surface area contributed by atoms with Crippen LogP contribution in [0.3, 0.4) is 0 Å². The number of hydrogen-bond acceptors (Lipinski definition) is 4. The van der Waals surface area contributed by atoms with Crippen LogP contribution in [0.25, 0.3) is 11.3 Å². The van der Waals surface area contributed by atoms with Crippen LogP contribution in [-0.2, 0) is 9.47 Å². The molecule has 0 unspecified atom stereocenters. The first-order valence-corrected chi connectivity index (χ1v) is 8.33. The fraction of sp³-hybridized carbons (Fsp3) is 0.389. The van der Waals surface area contributed by atoms with Crippen molar-refractivity contribution in [2.45, 2.75) is 26.0 Å². The van der Waals surface area contributed by atoms with Gasteiger partial charge >= 0.3 is 0 Å². The molecule has 0 bridgehead atoms. The minimum Gasteiger partial charge on any atom is -0.460 e. The largest absolute Gasteiger partial charge is 0.460 e. The highest BCUT2D eigenvalue weighted by atomic mass is 35.5. The number of hydrogen-bond donors (Lipinski definition) is 1. The first-order valence-electron chi connectivity index (χ1n) is 7.95. The first-order chi connectivity index (χ1) is 11.6. The molecule has 2 atom stereocenters. The summed E-state index contributed by atoms with van der Waals surface area (Å²) >= 11 is 6.20. The van der Waals surface area contributed by atoms with Crippen LogP contribution in [0.15, 0.2) is 34.7 Å². The number of halogens is 1. The molecule has 1 aliphatic rings. The number of furan rings is 1. The highest BCUT2D eigenvalue weighted by Gasteiger charge is 2.31. The van der Waals surface area contributed by atoms with Gasteiger partial charge in [0, 0.05) is 12.2 Å². The zero-order chi connectivity index (χ0) is 17.1. The number of aryl methyl sites for hydroxylation is 1. The number of carbonyl (C=O) groups excluding carboxylic acids is 1. The van der Waals surface area contributed by atoms with Crippen molar-refractivity contribution in [2.75, 3.05) is 19.8 Å². The standard InChI is InChI=1S/C18H20ClNO4/c1-3-23-17-10-22-9-15(17)20-18(21)13-8-16(24-11(13)2)12-6-4-5-7-14(12)19/h4-8,15,17H,3,9-10H2,1-2H3,(H,20,21)/t15-,17-/m0/s1. The van der Waals surface area contributed by atoms with Crippen LogP contribution < -0.4 is 5.32 Å². The maximum atomic E-state index is 12.6. The molecule has 1 N–H and O–H groups in total. The Balaban J connectivity index is 1.78. The van der Waals surface area contributed by atoms with Crippen LogP contribution in [0.2, 0.25) is 5.02 Å². The fourth-order valence-electron chi connectivity index (χ4n) is 2.80. The van der Waals surface area contributed by atoms with Crippen molar-refractivity contribution in [3.63, 3.8) is 0 Å². The van der Waals surface area contributed by atoms with Crippen molar-refractivity contribution in [3.8, 4) is 11.3 Å². The van der Waals surface area contributed by atoms with E-state index in [-0.39, 0.29) is 18.1 Å².